The number of nitrogens with zero attached hydrogens (tertiary/aromatic N) is 2. The van der Waals surface area contributed by atoms with Crippen LogP contribution in [0.25, 0.3) is 0 Å². The summed E-state index contributed by atoms with van der Waals surface area (Å²) in [6.45, 7) is -0.0661. The largest absolute Gasteiger partial charge is 0.381 e. The minimum absolute atomic E-state index is 0.0661. The Morgan fingerprint density at radius 3 is 2.65 bits per heavy atom. The predicted octanol–water partition coefficient (Wildman–Crippen LogP) is -1.91. The van der Waals surface area contributed by atoms with Gasteiger partial charge in [0.2, 0.25) is 5.91 Å². The van der Waals surface area contributed by atoms with Gasteiger partial charge in [0, 0.05) is 7.05 Å². The number of rotatable bonds is 5. The van der Waals surface area contributed by atoms with E-state index < -0.39 is 12.0 Å². The molecule has 2 amide bonds. The highest BCUT2D eigenvalue weighted by Crippen LogP contribution is 2.01. The topological polar surface area (TPSA) is 130 Å². The van der Waals surface area contributed by atoms with Gasteiger partial charge in [-0.15, -0.1) is 10.2 Å². The first-order valence-corrected chi connectivity index (χ1v) is 4.81. The van der Waals surface area contributed by atoms with Crippen molar-refractivity contribution in [2.75, 3.05) is 18.9 Å². The van der Waals surface area contributed by atoms with E-state index in [2.05, 4.69) is 20.8 Å². The van der Waals surface area contributed by atoms with E-state index in [4.69, 9.17) is 10.8 Å². The van der Waals surface area contributed by atoms with Crippen LogP contribution in [-0.2, 0) is 4.79 Å². The van der Waals surface area contributed by atoms with E-state index >= 15 is 0 Å². The van der Waals surface area contributed by atoms with Gasteiger partial charge in [-0.2, -0.15) is 0 Å². The van der Waals surface area contributed by atoms with Crippen molar-refractivity contribution in [2.45, 2.75) is 6.10 Å². The standard InChI is InChI=1S/C9H13N5O3/c1-11-9(17)5-2-3-7(14-13-5)12-4-6(15)8(10)16/h2-3,6,15H,4H2,1H3,(H2,10,16)(H,11,17)(H,12,14). The van der Waals surface area contributed by atoms with Crippen molar-refractivity contribution in [1.29, 1.82) is 0 Å². The van der Waals surface area contributed by atoms with Gasteiger partial charge in [0.25, 0.3) is 5.91 Å². The summed E-state index contributed by atoms with van der Waals surface area (Å²) in [5, 5.41) is 21.5. The predicted molar refractivity (Wildman–Crippen MR) is 59.1 cm³/mol. The Morgan fingerprint density at radius 1 is 1.47 bits per heavy atom. The molecule has 0 radical (unpaired) electrons. The molecule has 1 aromatic heterocycles. The van der Waals surface area contributed by atoms with Crippen LogP contribution in [0.1, 0.15) is 10.5 Å². The Labute approximate surface area is 97.2 Å². The fourth-order valence-electron chi connectivity index (χ4n) is 0.978. The molecule has 0 bridgehead atoms. The molecule has 17 heavy (non-hydrogen) atoms. The molecule has 0 spiro atoms. The molecule has 1 heterocycles. The van der Waals surface area contributed by atoms with Crippen LogP contribution in [0.2, 0.25) is 0 Å². The Balaban J connectivity index is 2.57. The molecule has 1 unspecified atom stereocenters. The molecule has 0 aromatic carbocycles. The zero-order valence-electron chi connectivity index (χ0n) is 9.17. The number of hydrogen-bond acceptors (Lipinski definition) is 6. The number of nitrogens with one attached hydrogen (secondary N) is 2. The molecule has 0 saturated carbocycles. The maximum Gasteiger partial charge on any atom is 0.271 e. The molecule has 1 rings (SSSR count). The number of amides is 2. The monoisotopic (exact) mass is 239 g/mol. The smallest absolute Gasteiger partial charge is 0.271 e. The second-order valence-electron chi connectivity index (χ2n) is 3.18. The summed E-state index contributed by atoms with van der Waals surface area (Å²) in [6, 6.07) is 2.97. The number of nitrogens with two attached hydrogens (primary N) is 1. The van der Waals surface area contributed by atoms with Gasteiger partial charge < -0.3 is 21.5 Å². The summed E-state index contributed by atoms with van der Waals surface area (Å²) < 4.78 is 0. The van der Waals surface area contributed by atoms with Crippen LogP contribution in [0.4, 0.5) is 5.82 Å². The molecule has 92 valence electrons. The fourth-order valence-corrected chi connectivity index (χ4v) is 0.978. The molecule has 0 aliphatic carbocycles. The van der Waals surface area contributed by atoms with Crippen molar-refractivity contribution in [3.05, 3.63) is 17.8 Å². The molecule has 0 aliphatic heterocycles. The molecule has 1 aromatic rings. The zero-order valence-corrected chi connectivity index (χ0v) is 9.17. The van der Waals surface area contributed by atoms with E-state index in [1.165, 1.54) is 19.2 Å². The Hall–Kier alpha value is -2.22. The molecule has 0 fully saturated rings. The summed E-state index contributed by atoms with van der Waals surface area (Å²) in [5.41, 5.74) is 5.04. The van der Waals surface area contributed by atoms with Crippen molar-refractivity contribution < 1.29 is 14.7 Å². The van der Waals surface area contributed by atoms with E-state index in [1.807, 2.05) is 0 Å². The first-order valence-electron chi connectivity index (χ1n) is 4.81. The maximum atomic E-state index is 11.1. The molecule has 5 N–H and O–H groups in total. The highest BCUT2D eigenvalue weighted by Gasteiger charge is 2.11. The van der Waals surface area contributed by atoms with E-state index in [0.29, 0.717) is 5.82 Å². The molecular formula is C9H13N5O3. The lowest BCUT2D eigenvalue weighted by Crippen LogP contribution is -2.34. The van der Waals surface area contributed by atoms with Gasteiger partial charge in [-0.1, -0.05) is 0 Å². The summed E-state index contributed by atoms with van der Waals surface area (Å²) in [4.78, 5) is 21.7. The Bertz CT molecular complexity index is 406. The second kappa shape index (κ2) is 5.75. The van der Waals surface area contributed by atoms with Gasteiger partial charge in [-0.05, 0) is 12.1 Å². The SMILES string of the molecule is CNC(=O)c1ccc(NCC(O)C(N)=O)nn1. The number of aliphatic hydroxyl groups is 1. The third-order valence-electron chi connectivity index (χ3n) is 1.93. The minimum atomic E-state index is -1.30. The molecule has 1 atom stereocenters. The zero-order chi connectivity index (χ0) is 12.8. The van der Waals surface area contributed by atoms with E-state index in [-0.39, 0.29) is 18.1 Å². The van der Waals surface area contributed by atoms with Crippen LogP contribution in [0.15, 0.2) is 12.1 Å². The first kappa shape index (κ1) is 12.8. The summed E-state index contributed by atoms with van der Waals surface area (Å²) in [6.07, 6.45) is -1.30. The van der Waals surface area contributed by atoms with Crippen LogP contribution >= 0.6 is 0 Å². The fraction of sp³-hybridized carbons (Fsp3) is 0.333. The maximum absolute atomic E-state index is 11.1. The molecule has 0 aliphatic rings. The Morgan fingerprint density at radius 2 is 2.18 bits per heavy atom. The van der Waals surface area contributed by atoms with E-state index in [9.17, 15) is 9.59 Å². The van der Waals surface area contributed by atoms with Gasteiger partial charge in [0.15, 0.2) is 5.69 Å². The first-order chi connectivity index (χ1) is 8.04. The summed E-state index contributed by atoms with van der Waals surface area (Å²) in [5.74, 6) is -0.841. The van der Waals surface area contributed by atoms with Crippen LogP contribution in [0.5, 0.6) is 0 Å². The van der Waals surface area contributed by atoms with Crippen LogP contribution in [0.3, 0.4) is 0 Å². The van der Waals surface area contributed by atoms with Crippen molar-refractivity contribution >= 4 is 17.6 Å². The second-order valence-corrected chi connectivity index (χ2v) is 3.18. The highest BCUT2D eigenvalue weighted by atomic mass is 16.3. The third-order valence-corrected chi connectivity index (χ3v) is 1.93. The highest BCUT2D eigenvalue weighted by molar-refractivity contribution is 5.91. The van der Waals surface area contributed by atoms with E-state index in [1.54, 1.807) is 0 Å². The average Bonchev–Trinajstić information content (AvgIpc) is 2.35. The van der Waals surface area contributed by atoms with Gasteiger partial charge in [0.1, 0.15) is 11.9 Å². The number of primary amides is 1. The minimum Gasteiger partial charge on any atom is -0.381 e. The molecule has 0 saturated heterocycles. The van der Waals surface area contributed by atoms with Crippen molar-refractivity contribution in [3.63, 3.8) is 0 Å². The summed E-state index contributed by atoms with van der Waals surface area (Å²) >= 11 is 0. The number of aromatic nitrogens is 2. The van der Waals surface area contributed by atoms with Gasteiger partial charge in [-0.25, -0.2) is 0 Å². The molecule has 8 heteroatoms. The van der Waals surface area contributed by atoms with Crippen molar-refractivity contribution in [3.8, 4) is 0 Å². The van der Waals surface area contributed by atoms with Crippen LogP contribution in [-0.4, -0.2) is 46.8 Å². The number of carbonyl (C=O) groups excluding carboxylic acids is 2. The summed E-state index contributed by atoms with van der Waals surface area (Å²) in [7, 11) is 1.49. The van der Waals surface area contributed by atoms with Gasteiger partial charge in [-0.3, -0.25) is 9.59 Å². The molecule has 8 nitrogen and oxygen atoms in total. The molecular weight excluding hydrogens is 226 g/mol. The van der Waals surface area contributed by atoms with Gasteiger partial charge in [0.05, 0.1) is 6.54 Å². The number of carbonyl (C=O) groups is 2. The average molecular weight is 239 g/mol. The van der Waals surface area contributed by atoms with Crippen molar-refractivity contribution in [2.24, 2.45) is 5.73 Å². The quantitative estimate of drug-likeness (QED) is 0.474. The number of aliphatic hydroxyl groups excluding tert-OH is 1. The van der Waals surface area contributed by atoms with Crippen LogP contribution < -0.4 is 16.4 Å². The third kappa shape index (κ3) is 3.68. The lowest BCUT2D eigenvalue weighted by molar-refractivity contribution is -0.125. The lowest BCUT2D eigenvalue weighted by atomic mass is 10.3. The Kier molecular flexibility index (Phi) is 4.35. The normalized spacial score (nSPS) is 11.6. The number of anilines is 1. The lowest BCUT2D eigenvalue weighted by Gasteiger charge is -2.08. The number of hydrogen-bond donors (Lipinski definition) is 4. The van der Waals surface area contributed by atoms with Crippen molar-refractivity contribution in [1.82, 2.24) is 15.5 Å². The van der Waals surface area contributed by atoms with Crippen LogP contribution in [0, 0.1) is 0 Å². The van der Waals surface area contributed by atoms with E-state index in [0.717, 1.165) is 0 Å². The van der Waals surface area contributed by atoms with Gasteiger partial charge >= 0.3 is 0 Å².